The Labute approximate surface area is 139 Å². The van der Waals surface area contributed by atoms with Crippen LogP contribution in [0, 0.1) is 5.41 Å². The standard InChI is InChI=1S/C15H29N3O4S/c1-5-10-23(21,22)18-8-6-12(7-9-18)17-13(19)11-16-14(20)15(2,3)4/h12H,5-11H2,1-4H3,(H,16,20)(H,17,19). The number of amides is 2. The van der Waals surface area contributed by atoms with Crippen LogP contribution in [0.1, 0.15) is 47.0 Å². The van der Waals surface area contributed by atoms with E-state index in [1.165, 1.54) is 4.31 Å². The molecule has 0 bridgehead atoms. The number of sulfonamides is 1. The molecule has 1 heterocycles. The molecule has 1 fully saturated rings. The van der Waals surface area contributed by atoms with Crippen molar-refractivity contribution in [3.05, 3.63) is 0 Å². The summed E-state index contributed by atoms with van der Waals surface area (Å²) in [6, 6.07) is -0.0397. The largest absolute Gasteiger partial charge is 0.352 e. The number of hydrogen-bond acceptors (Lipinski definition) is 4. The Morgan fingerprint density at radius 1 is 1.17 bits per heavy atom. The van der Waals surface area contributed by atoms with E-state index in [-0.39, 0.29) is 30.2 Å². The average molecular weight is 347 g/mol. The lowest BCUT2D eigenvalue weighted by Gasteiger charge is -2.31. The summed E-state index contributed by atoms with van der Waals surface area (Å²) in [4.78, 5) is 23.6. The molecule has 23 heavy (non-hydrogen) atoms. The van der Waals surface area contributed by atoms with Crippen LogP contribution in [0.5, 0.6) is 0 Å². The molecule has 0 radical (unpaired) electrons. The van der Waals surface area contributed by atoms with Gasteiger partial charge in [0.15, 0.2) is 0 Å². The van der Waals surface area contributed by atoms with E-state index in [9.17, 15) is 18.0 Å². The van der Waals surface area contributed by atoms with Crippen molar-refractivity contribution < 1.29 is 18.0 Å². The Morgan fingerprint density at radius 2 is 1.74 bits per heavy atom. The van der Waals surface area contributed by atoms with E-state index in [0.29, 0.717) is 32.4 Å². The number of nitrogens with zero attached hydrogens (tertiary/aromatic N) is 1. The molecule has 8 heteroatoms. The Balaban J connectivity index is 2.36. The van der Waals surface area contributed by atoms with Crippen molar-refractivity contribution in [2.24, 2.45) is 5.41 Å². The molecule has 2 N–H and O–H groups in total. The predicted molar refractivity (Wildman–Crippen MR) is 89.3 cm³/mol. The van der Waals surface area contributed by atoms with E-state index in [4.69, 9.17) is 0 Å². The topological polar surface area (TPSA) is 95.6 Å². The van der Waals surface area contributed by atoms with Gasteiger partial charge in [-0.15, -0.1) is 0 Å². The molecule has 0 aliphatic carbocycles. The first-order valence-electron chi connectivity index (χ1n) is 8.11. The molecule has 1 aliphatic rings. The maximum absolute atomic E-state index is 12.0. The zero-order valence-electron chi connectivity index (χ0n) is 14.5. The number of nitrogens with one attached hydrogen (secondary N) is 2. The van der Waals surface area contributed by atoms with Gasteiger partial charge in [-0.05, 0) is 19.3 Å². The molecule has 1 saturated heterocycles. The fourth-order valence-corrected chi connectivity index (χ4v) is 3.91. The Morgan fingerprint density at radius 3 is 2.22 bits per heavy atom. The summed E-state index contributed by atoms with van der Waals surface area (Å²) in [5.41, 5.74) is -0.529. The van der Waals surface area contributed by atoms with E-state index >= 15 is 0 Å². The first-order valence-corrected chi connectivity index (χ1v) is 9.72. The minimum atomic E-state index is -3.16. The fourth-order valence-electron chi connectivity index (χ4n) is 2.37. The summed E-state index contributed by atoms with van der Waals surface area (Å²) < 4.78 is 25.5. The van der Waals surface area contributed by atoms with Crippen LogP contribution < -0.4 is 10.6 Å². The first-order chi connectivity index (χ1) is 10.6. The van der Waals surface area contributed by atoms with Gasteiger partial charge in [-0.3, -0.25) is 9.59 Å². The highest BCUT2D eigenvalue weighted by molar-refractivity contribution is 7.89. The summed E-state index contributed by atoms with van der Waals surface area (Å²) in [6.07, 6.45) is 1.80. The molecule has 134 valence electrons. The second-order valence-corrected chi connectivity index (χ2v) is 9.08. The second-order valence-electron chi connectivity index (χ2n) is 6.99. The van der Waals surface area contributed by atoms with Crippen LogP contribution >= 0.6 is 0 Å². The lowest BCUT2D eigenvalue weighted by atomic mass is 9.96. The lowest BCUT2D eigenvalue weighted by Crippen LogP contribution is -2.49. The van der Waals surface area contributed by atoms with Gasteiger partial charge in [-0.25, -0.2) is 12.7 Å². The van der Waals surface area contributed by atoms with Gasteiger partial charge in [0.05, 0.1) is 12.3 Å². The fraction of sp³-hybridized carbons (Fsp3) is 0.867. The smallest absolute Gasteiger partial charge is 0.239 e. The molecular weight excluding hydrogens is 318 g/mol. The van der Waals surface area contributed by atoms with Gasteiger partial charge in [0.25, 0.3) is 0 Å². The SMILES string of the molecule is CCCS(=O)(=O)N1CCC(NC(=O)CNC(=O)C(C)(C)C)CC1. The van der Waals surface area contributed by atoms with Crippen molar-refractivity contribution in [2.45, 2.75) is 53.0 Å². The van der Waals surface area contributed by atoms with Crippen LogP contribution in [0.4, 0.5) is 0 Å². The first kappa shape index (κ1) is 19.9. The normalized spacial score (nSPS) is 17.7. The summed E-state index contributed by atoms with van der Waals surface area (Å²) in [7, 11) is -3.16. The Bertz CT molecular complexity index is 517. The molecule has 0 aromatic heterocycles. The van der Waals surface area contributed by atoms with Crippen molar-refractivity contribution >= 4 is 21.8 Å². The van der Waals surface area contributed by atoms with Crippen molar-refractivity contribution in [3.8, 4) is 0 Å². The highest BCUT2D eigenvalue weighted by atomic mass is 32.2. The van der Waals surface area contributed by atoms with Crippen LogP contribution in [0.15, 0.2) is 0 Å². The summed E-state index contributed by atoms with van der Waals surface area (Å²) in [5, 5.41) is 5.46. The average Bonchev–Trinajstić information content (AvgIpc) is 2.44. The second kappa shape index (κ2) is 8.10. The van der Waals surface area contributed by atoms with E-state index in [1.807, 2.05) is 6.92 Å². The highest BCUT2D eigenvalue weighted by Gasteiger charge is 2.28. The third-order valence-electron chi connectivity index (χ3n) is 3.77. The summed E-state index contributed by atoms with van der Waals surface area (Å²) >= 11 is 0. The van der Waals surface area contributed by atoms with E-state index < -0.39 is 15.4 Å². The molecule has 0 aromatic carbocycles. The number of carbonyl (C=O) groups is 2. The molecule has 1 aliphatic heterocycles. The maximum atomic E-state index is 12.0. The van der Waals surface area contributed by atoms with Crippen molar-refractivity contribution in [3.63, 3.8) is 0 Å². The van der Waals surface area contributed by atoms with Gasteiger partial charge >= 0.3 is 0 Å². The molecule has 0 unspecified atom stereocenters. The molecule has 7 nitrogen and oxygen atoms in total. The molecular formula is C15H29N3O4S. The van der Waals surface area contributed by atoms with Crippen LogP contribution in [0.2, 0.25) is 0 Å². The van der Waals surface area contributed by atoms with Crippen LogP contribution in [-0.4, -0.2) is 56.0 Å². The van der Waals surface area contributed by atoms with Crippen molar-refractivity contribution in [1.29, 1.82) is 0 Å². The van der Waals surface area contributed by atoms with Crippen molar-refractivity contribution in [1.82, 2.24) is 14.9 Å². The van der Waals surface area contributed by atoms with Crippen LogP contribution in [-0.2, 0) is 19.6 Å². The van der Waals surface area contributed by atoms with Gasteiger partial charge in [-0.1, -0.05) is 27.7 Å². The van der Waals surface area contributed by atoms with E-state index in [0.717, 1.165) is 0 Å². The van der Waals surface area contributed by atoms with Gasteiger partial charge in [-0.2, -0.15) is 0 Å². The van der Waals surface area contributed by atoms with Gasteiger partial charge in [0.2, 0.25) is 21.8 Å². The van der Waals surface area contributed by atoms with Gasteiger partial charge in [0, 0.05) is 24.5 Å². The monoisotopic (exact) mass is 347 g/mol. The molecule has 0 aromatic rings. The van der Waals surface area contributed by atoms with Crippen LogP contribution in [0.25, 0.3) is 0 Å². The Kier molecular flexibility index (Phi) is 7.01. The van der Waals surface area contributed by atoms with Crippen molar-refractivity contribution in [2.75, 3.05) is 25.4 Å². The van der Waals surface area contributed by atoms with Gasteiger partial charge < -0.3 is 10.6 Å². The maximum Gasteiger partial charge on any atom is 0.239 e. The quantitative estimate of drug-likeness (QED) is 0.730. The van der Waals surface area contributed by atoms with E-state index in [2.05, 4.69) is 10.6 Å². The number of piperidine rings is 1. The number of rotatable bonds is 6. The zero-order chi connectivity index (χ0) is 17.7. The molecule has 2 amide bonds. The lowest BCUT2D eigenvalue weighted by molar-refractivity contribution is -0.131. The minimum Gasteiger partial charge on any atom is -0.352 e. The highest BCUT2D eigenvalue weighted by Crippen LogP contribution is 2.15. The predicted octanol–water partition coefficient (Wildman–Crippen LogP) is 0.469. The third kappa shape index (κ3) is 6.47. The molecule has 1 rings (SSSR count). The number of hydrogen-bond donors (Lipinski definition) is 2. The zero-order valence-corrected chi connectivity index (χ0v) is 15.3. The third-order valence-corrected chi connectivity index (χ3v) is 5.84. The molecule has 0 saturated carbocycles. The van der Waals surface area contributed by atoms with Crippen LogP contribution in [0.3, 0.4) is 0 Å². The van der Waals surface area contributed by atoms with Gasteiger partial charge in [0.1, 0.15) is 0 Å². The van der Waals surface area contributed by atoms with E-state index in [1.54, 1.807) is 20.8 Å². The Hall–Kier alpha value is -1.15. The molecule has 0 spiro atoms. The number of carbonyl (C=O) groups excluding carboxylic acids is 2. The minimum absolute atomic E-state index is 0.0397. The summed E-state index contributed by atoms with van der Waals surface area (Å²) in [6.45, 7) is 8.01. The summed E-state index contributed by atoms with van der Waals surface area (Å²) in [5.74, 6) is -0.242. The molecule has 0 atom stereocenters.